The number of aryl methyl sites for hydroxylation is 1. The van der Waals surface area contributed by atoms with Crippen LogP contribution >= 0.6 is 0 Å². The highest BCUT2D eigenvalue weighted by atomic mass is 32.2. The Bertz CT molecular complexity index is 960. The molecule has 0 saturated heterocycles. The second-order valence-corrected chi connectivity index (χ2v) is 6.57. The first-order chi connectivity index (χ1) is 12.0. The van der Waals surface area contributed by atoms with Crippen molar-refractivity contribution in [3.63, 3.8) is 0 Å². The lowest BCUT2D eigenvalue weighted by Crippen LogP contribution is -1.98. The van der Waals surface area contributed by atoms with E-state index in [-0.39, 0.29) is 17.1 Å². The van der Waals surface area contributed by atoms with Crippen molar-refractivity contribution in [2.24, 2.45) is 0 Å². The van der Waals surface area contributed by atoms with Crippen LogP contribution in [-0.2, 0) is 16.8 Å². The summed E-state index contributed by atoms with van der Waals surface area (Å²) in [4.78, 5) is 4.34. The summed E-state index contributed by atoms with van der Waals surface area (Å²) < 4.78 is 47.5. The first-order valence-electron chi connectivity index (χ1n) is 7.53. The maximum absolute atomic E-state index is 14.2. The molecule has 0 aliphatic heterocycles. The number of hydrogen-bond donors (Lipinski definition) is 1. The van der Waals surface area contributed by atoms with Gasteiger partial charge >= 0.3 is 0 Å². The van der Waals surface area contributed by atoms with Gasteiger partial charge in [0.1, 0.15) is 11.6 Å². The van der Waals surface area contributed by atoms with Crippen molar-refractivity contribution in [2.45, 2.75) is 12.7 Å². The molecule has 0 bridgehead atoms. The normalized spacial score (nSPS) is 12.2. The van der Waals surface area contributed by atoms with Gasteiger partial charge in [-0.1, -0.05) is 24.3 Å². The highest BCUT2D eigenvalue weighted by Crippen LogP contribution is 2.32. The fraction of sp³-hybridized carbons (Fsp3) is 0.105. The molecule has 0 fully saturated rings. The lowest BCUT2D eigenvalue weighted by molar-refractivity contribution is 0.559. The molecule has 0 amide bonds. The molecular formula is C19H15F2NO2S. The smallest absolute Gasteiger partial charge is 0.157 e. The van der Waals surface area contributed by atoms with Crippen LogP contribution in [0.4, 0.5) is 8.78 Å². The molecule has 128 valence electrons. The molecule has 6 heteroatoms. The van der Waals surface area contributed by atoms with Gasteiger partial charge in [-0.05, 0) is 42.3 Å². The molecule has 1 unspecified atom stereocenters. The molecule has 0 aliphatic rings. The summed E-state index contributed by atoms with van der Waals surface area (Å²) in [5.74, 6) is -1.12. The largest absolute Gasteiger partial charge is 0.306 e. The van der Waals surface area contributed by atoms with E-state index in [4.69, 9.17) is 4.55 Å². The van der Waals surface area contributed by atoms with Crippen molar-refractivity contribution in [3.05, 3.63) is 77.5 Å². The van der Waals surface area contributed by atoms with Crippen LogP contribution in [0, 0.1) is 18.6 Å². The van der Waals surface area contributed by atoms with E-state index in [9.17, 15) is 13.0 Å². The summed E-state index contributed by atoms with van der Waals surface area (Å²) in [6.45, 7) is 1.68. The zero-order valence-electron chi connectivity index (χ0n) is 13.4. The van der Waals surface area contributed by atoms with Crippen molar-refractivity contribution < 1.29 is 17.5 Å². The van der Waals surface area contributed by atoms with Gasteiger partial charge in [0.25, 0.3) is 0 Å². The average molecular weight is 359 g/mol. The molecule has 0 spiro atoms. The van der Waals surface area contributed by atoms with E-state index < -0.39 is 16.9 Å². The molecule has 1 aromatic heterocycles. The minimum absolute atomic E-state index is 0.166. The Morgan fingerprint density at radius 1 is 1.04 bits per heavy atom. The molecule has 1 atom stereocenters. The van der Waals surface area contributed by atoms with Crippen LogP contribution in [0.3, 0.4) is 0 Å². The van der Waals surface area contributed by atoms with E-state index in [2.05, 4.69) is 4.98 Å². The Morgan fingerprint density at radius 2 is 1.80 bits per heavy atom. The monoisotopic (exact) mass is 359 g/mol. The minimum Gasteiger partial charge on any atom is -0.306 e. The Kier molecular flexibility index (Phi) is 5.01. The van der Waals surface area contributed by atoms with Gasteiger partial charge in [0, 0.05) is 22.9 Å². The molecule has 0 aliphatic carbocycles. The predicted octanol–water partition coefficient (Wildman–Crippen LogP) is 4.72. The lowest BCUT2D eigenvalue weighted by Gasteiger charge is -2.11. The number of rotatable bonds is 4. The molecular weight excluding hydrogens is 344 g/mol. The van der Waals surface area contributed by atoms with E-state index in [1.807, 2.05) is 6.07 Å². The Hall–Kier alpha value is -2.44. The summed E-state index contributed by atoms with van der Waals surface area (Å²) in [7, 11) is 0. The molecule has 1 heterocycles. The number of aromatic nitrogens is 1. The zero-order chi connectivity index (χ0) is 18.0. The average Bonchev–Trinajstić information content (AvgIpc) is 2.59. The van der Waals surface area contributed by atoms with Crippen LogP contribution in [0.5, 0.6) is 0 Å². The Morgan fingerprint density at radius 3 is 2.48 bits per heavy atom. The van der Waals surface area contributed by atoms with Gasteiger partial charge in [0.05, 0.1) is 11.4 Å². The summed E-state index contributed by atoms with van der Waals surface area (Å²) in [6, 6.07) is 12.8. The quantitative estimate of drug-likeness (QED) is 0.686. The fourth-order valence-corrected chi connectivity index (χ4v) is 3.13. The first-order valence-corrected chi connectivity index (χ1v) is 8.81. The molecule has 0 saturated carbocycles. The third-order valence-electron chi connectivity index (χ3n) is 3.88. The molecule has 1 N–H and O–H groups in total. The van der Waals surface area contributed by atoms with Crippen LogP contribution in [0.2, 0.25) is 0 Å². The van der Waals surface area contributed by atoms with Crippen molar-refractivity contribution in [1.82, 2.24) is 4.98 Å². The summed E-state index contributed by atoms with van der Waals surface area (Å²) in [5, 5.41) is 0. The standard InChI is InChI=1S/C19H15F2NO2S/c1-12-9-13(6-7-17(12)20)16-3-2-8-22-19(16)14-4-5-15(11-25(23)24)18(21)10-14/h2-10H,11H2,1H3,(H,23,24). The molecule has 25 heavy (non-hydrogen) atoms. The van der Waals surface area contributed by atoms with Crippen LogP contribution < -0.4 is 0 Å². The van der Waals surface area contributed by atoms with Crippen molar-refractivity contribution >= 4 is 11.1 Å². The molecule has 3 aromatic rings. The van der Waals surface area contributed by atoms with Gasteiger partial charge in [0.15, 0.2) is 11.1 Å². The third-order valence-corrected chi connectivity index (χ3v) is 4.44. The maximum atomic E-state index is 14.2. The van der Waals surface area contributed by atoms with E-state index >= 15 is 0 Å². The summed E-state index contributed by atoms with van der Waals surface area (Å²) in [6.07, 6.45) is 1.60. The van der Waals surface area contributed by atoms with Gasteiger partial charge in [-0.2, -0.15) is 0 Å². The lowest BCUT2D eigenvalue weighted by atomic mass is 9.97. The molecule has 3 nitrogen and oxygen atoms in total. The zero-order valence-corrected chi connectivity index (χ0v) is 14.2. The number of pyridine rings is 1. The Labute approximate surface area is 146 Å². The van der Waals surface area contributed by atoms with Gasteiger partial charge in [-0.15, -0.1) is 0 Å². The summed E-state index contributed by atoms with van der Waals surface area (Å²) >= 11 is -2.11. The van der Waals surface area contributed by atoms with Gasteiger partial charge in [-0.25, -0.2) is 13.0 Å². The summed E-state index contributed by atoms with van der Waals surface area (Å²) in [5.41, 5.74) is 3.32. The van der Waals surface area contributed by atoms with E-state index in [0.29, 0.717) is 16.8 Å². The SMILES string of the molecule is Cc1cc(-c2cccnc2-c2ccc(CS(=O)O)c(F)c2)ccc1F. The van der Waals surface area contributed by atoms with Gasteiger partial charge < -0.3 is 4.55 Å². The topological polar surface area (TPSA) is 50.2 Å². The Balaban J connectivity index is 2.08. The first kappa shape index (κ1) is 17.4. The maximum Gasteiger partial charge on any atom is 0.157 e. The second kappa shape index (κ2) is 7.21. The number of halogens is 2. The van der Waals surface area contributed by atoms with Crippen molar-refractivity contribution in [2.75, 3.05) is 0 Å². The van der Waals surface area contributed by atoms with E-state index in [1.165, 1.54) is 18.2 Å². The van der Waals surface area contributed by atoms with Crippen LogP contribution in [-0.4, -0.2) is 13.7 Å². The van der Waals surface area contributed by atoms with Crippen LogP contribution in [0.15, 0.2) is 54.7 Å². The fourth-order valence-electron chi connectivity index (χ4n) is 2.63. The van der Waals surface area contributed by atoms with Crippen LogP contribution in [0.1, 0.15) is 11.1 Å². The number of benzene rings is 2. The number of hydrogen-bond acceptors (Lipinski definition) is 2. The second-order valence-electron chi connectivity index (χ2n) is 5.64. The molecule has 0 radical (unpaired) electrons. The van der Waals surface area contributed by atoms with E-state index in [1.54, 1.807) is 37.4 Å². The highest BCUT2D eigenvalue weighted by molar-refractivity contribution is 7.78. The van der Waals surface area contributed by atoms with Gasteiger partial charge in [-0.3, -0.25) is 4.98 Å². The number of nitrogens with zero attached hydrogens (tertiary/aromatic N) is 1. The predicted molar refractivity (Wildman–Crippen MR) is 94.2 cm³/mol. The highest BCUT2D eigenvalue weighted by Gasteiger charge is 2.13. The van der Waals surface area contributed by atoms with Crippen molar-refractivity contribution in [1.29, 1.82) is 0 Å². The minimum atomic E-state index is -2.11. The van der Waals surface area contributed by atoms with Gasteiger partial charge in [0.2, 0.25) is 0 Å². The van der Waals surface area contributed by atoms with Crippen LogP contribution in [0.25, 0.3) is 22.4 Å². The molecule has 2 aromatic carbocycles. The van der Waals surface area contributed by atoms with E-state index in [0.717, 1.165) is 11.1 Å². The molecule has 3 rings (SSSR count). The van der Waals surface area contributed by atoms with Crippen molar-refractivity contribution in [3.8, 4) is 22.4 Å². The third kappa shape index (κ3) is 3.81.